The highest BCUT2D eigenvalue weighted by Crippen LogP contribution is 2.37. The smallest absolute Gasteiger partial charge is 0.123 e. The van der Waals surface area contributed by atoms with Gasteiger partial charge < -0.3 is 15.4 Å². The Hall–Kier alpha value is -1.14. The number of piperidine rings is 1. The molecule has 0 bridgehead atoms. The van der Waals surface area contributed by atoms with Crippen molar-refractivity contribution in [3.8, 4) is 5.75 Å². The van der Waals surface area contributed by atoms with E-state index in [1.807, 2.05) is 33.3 Å². The molecular weight excluding hydrogens is 252 g/mol. The third-order valence-corrected chi connectivity index (χ3v) is 4.47. The summed E-state index contributed by atoms with van der Waals surface area (Å²) in [6, 6.07) is 8.59. The van der Waals surface area contributed by atoms with Crippen LogP contribution in [-0.4, -0.2) is 52.4 Å². The van der Waals surface area contributed by atoms with E-state index in [1.165, 1.54) is 5.56 Å². The third-order valence-electron chi connectivity index (χ3n) is 4.47. The molecule has 1 aliphatic heterocycles. The first-order chi connectivity index (χ1) is 9.71. The molecule has 0 radical (unpaired) electrons. The Bertz CT molecular complexity index is 440. The van der Waals surface area contributed by atoms with E-state index in [1.54, 1.807) is 7.11 Å². The molecule has 112 valence electrons. The molecule has 1 heterocycles. The number of nitrogens with zero attached hydrogens (tertiary/aromatic N) is 1. The highest BCUT2D eigenvalue weighted by molar-refractivity contribution is 5.41. The van der Waals surface area contributed by atoms with Crippen LogP contribution in [-0.2, 0) is 5.54 Å². The summed E-state index contributed by atoms with van der Waals surface area (Å²) in [7, 11) is 7.76. The minimum atomic E-state index is -0.116. The molecule has 3 N–H and O–H groups in total. The Morgan fingerprint density at radius 1 is 1.25 bits per heavy atom. The quantitative estimate of drug-likeness (QED) is 0.734. The molecule has 0 amide bonds. The number of hydrazine groups is 1. The van der Waals surface area contributed by atoms with E-state index >= 15 is 0 Å². The molecule has 5 nitrogen and oxygen atoms in total. The van der Waals surface area contributed by atoms with Crippen LogP contribution in [0, 0.1) is 0 Å². The van der Waals surface area contributed by atoms with E-state index in [2.05, 4.69) is 33.2 Å². The number of likely N-dealkylation sites (N-methyl/N-ethyl adjacent to an activating group) is 2. The van der Waals surface area contributed by atoms with Crippen molar-refractivity contribution in [1.82, 2.24) is 21.1 Å². The molecule has 0 aliphatic carbocycles. The molecule has 1 saturated heterocycles. The normalized spacial score (nSPS) is 27.5. The lowest BCUT2D eigenvalue weighted by molar-refractivity contribution is 0.0683. The van der Waals surface area contributed by atoms with Gasteiger partial charge in [-0.15, -0.1) is 0 Å². The summed E-state index contributed by atoms with van der Waals surface area (Å²) in [6.45, 7) is 1.93. The SMILES string of the molecule is CNC1CN(NC)CCC1(NC)c1ccccc1OC. The number of hydrogen-bond donors (Lipinski definition) is 3. The van der Waals surface area contributed by atoms with Crippen molar-refractivity contribution in [2.45, 2.75) is 18.0 Å². The van der Waals surface area contributed by atoms with E-state index in [4.69, 9.17) is 4.74 Å². The van der Waals surface area contributed by atoms with Gasteiger partial charge in [0.25, 0.3) is 0 Å². The number of para-hydroxylation sites is 1. The molecule has 1 fully saturated rings. The minimum absolute atomic E-state index is 0.116. The van der Waals surface area contributed by atoms with E-state index < -0.39 is 0 Å². The van der Waals surface area contributed by atoms with Crippen LogP contribution in [0.4, 0.5) is 0 Å². The number of methoxy groups -OCH3 is 1. The van der Waals surface area contributed by atoms with Crippen molar-refractivity contribution in [2.75, 3.05) is 41.3 Å². The van der Waals surface area contributed by atoms with E-state index in [-0.39, 0.29) is 5.54 Å². The Kier molecular flexibility index (Phi) is 4.99. The van der Waals surface area contributed by atoms with Crippen molar-refractivity contribution in [3.63, 3.8) is 0 Å². The molecule has 1 aromatic rings. The number of hydrogen-bond acceptors (Lipinski definition) is 5. The van der Waals surface area contributed by atoms with Gasteiger partial charge in [-0.2, -0.15) is 0 Å². The van der Waals surface area contributed by atoms with Crippen LogP contribution in [0.1, 0.15) is 12.0 Å². The summed E-state index contributed by atoms with van der Waals surface area (Å²) in [4.78, 5) is 0. The maximum absolute atomic E-state index is 5.57. The van der Waals surface area contributed by atoms with Crippen molar-refractivity contribution in [1.29, 1.82) is 0 Å². The lowest BCUT2D eigenvalue weighted by Gasteiger charge is -2.48. The maximum Gasteiger partial charge on any atom is 0.123 e. The van der Waals surface area contributed by atoms with Crippen LogP contribution in [0.2, 0.25) is 0 Å². The maximum atomic E-state index is 5.57. The summed E-state index contributed by atoms with van der Waals surface area (Å²) >= 11 is 0. The average Bonchev–Trinajstić information content (AvgIpc) is 2.54. The molecule has 1 aliphatic rings. The third kappa shape index (κ3) is 2.54. The highest BCUT2D eigenvalue weighted by Gasteiger charge is 2.44. The van der Waals surface area contributed by atoms with Gasteiger partial charge in [-0.05, 0) is 33.6 Å². The van der Waals surface area contributed by atoms with Crippen molar-refractivity contribution < 1.29 is 4.74 Å². The molecule has 0 spiro atoms. The Morgan fingerprint density at radius 3 is 2.60 bits per heavy atom. The van der Waals surface area contributed by atoms with Gasteiger partial charge in [0.05, 0.1) is 12.6 Å². The summed E-state index contributed by atoms with van der Waals surface area (Å²) in [5.74, 6) is 0.944. The highest BCUT2D eigenvalue weighted by atomic mass is 16.5. The van der Waals surface area contributed by atoms with Crippen molar-refractivity contribution in [3.05, 3.63) is 29.8 Å². The van der Waals surface area contributed by atoms with Gasteiger partial charge >= 0.3 is 0 Å². The fourth-order valence-corrected chi connectivity index (χ4v) is 3.26. The zero-order chi connectivity index (χ0) is 14.6. The van der Waals surface area contributed by atoms with Crippen LogP contribution in [0.3, 0.4) is 0 Å². The monoisotopic (exact) mass is 278 g/mol. The average molecular weight is 278 g/mol. The Labute approximate surface area is 121 Å². The van der Waals surface area contributed by atoms with E-state index in [0.29, 0.717) is 6.04 Å². The predicted molar refractivity (Wildman–Crippen MR) is 81.8 cm³/mol. The molecule has 0 saturated carbocycles. The molecule has 0 aromatic heterocycles. The summed E-state index contributed by atoms with van der Waals surface area (Å²) in [6.07, 6.45) is 1.01. The van der Waals surface area contributed by atoms with Crippen molar-refractivity contribution in [2.24, 2.45) is 0 Å². The largest absolute Gasteiger partial charge is 0.496 e. The topological polar surface area (TPSA) is 48.6 Å². The molecule has 20 heavy (non-hydrogen) atoms. The Morgan fingerprint density at radius 2 is 2.00 bits per heavy atom. The molecule has 1 aromatic carbocycles. The standard InChI is InChI=1S/C15H26N4O/c1-16-14-11-19(18-3)10-9-15(14,17-2)12-7-5-6-8-13(12)20-4/h5-8,14,16-18H,9-11H2,1-4H3. The summed E-state index contributed by atoms with van der Waals surface area (Å²) in [5.41, 5.74) is 4.35. The molecule has 5 heteroatoms. The second kappa shape index (κ2) is 6.54. The first-order valence-electron chi connectivity index (χ1n) is 7.13. The second-order valence-corrected chi connectivity index (χ2v) is 5.18. The molecule has 2 unspecified atom stereocenters. The van der Waals surface area contributed by atoms with Gasteiger partial charge in [0.2, 0.25) is 0 Å². The van der Waals surface area contributed by atoms with E-state index in [0.717, 1.165) is 25.3 Å². The van der Waals surface area contributed by atoms with Gasteiger partial charge in [0.1, 0.15) is 5.75 Å². The van der Waals surface area contributed by atoms with Crippen LogP contribution in [0.15, 0.2) is 24.3 Å². The van der Waals surface area contributed by atoms with Crippen LogP contribution < -0.4 is 20.8 Å². The summed E-state index contributed by atoms with van der Waals surface area (Å²) < 4.78 is 5.57. The lowest BCUT2D eigenvalue weighted by atomic mass is 9.77. The number of ether oxygens (including phenoxy) is 1. The van der Waals surface area contributed by atoms with Gasteiger partial charge in [0, 0.05) is 24.7 Å². The molecule has 2 rings (SSSR count). The molecular formula is C15H26N4O. The van der Waals surface area contributed by atoms with Crippen LogP contribution in [0.25, 0.3) is 0 Å². The number of benzene rings is 1. The Balaban J connectivity index is 2.41. The number of rotatable bonds is 5. The van der Waals surface area contributed by atoms with Gasteiger partial charge in [-0.1, -0.05) is 18.2 Å². The van der Waals surface area contributed by atoms with Crippen molar-refractivity contribution >= 4 is 0 Å². The zero-order valence-electron chi connectivity index (χ0n) is 12.9. The first kappa shape index (κ1) is 15.3. The second-order valence-electron chi connectivity index (χ2n) is 5.18. The van der Waals surface area contributed by atoms with Gasteiger partial charge in [0.15, 0.2) is 0 Å². The van der Waals surface area contributed by atoms with Crippen LogP contribution in [0.5, 0.6) is 5.75 Å². The summed E-state index contributed by atoms with van der Waals surface area (Å²) in [5, 5.41) is 9.26. The van der Waals surface area contributed by atoms with Gasteiger partial charge in [-0.3, -0.25) is 5.43 Å². The zero-order valence-corrected chi connectivity index (χ0v) is 12.9. The first-order valence-corrected chi connectivity index (χ1v) is 7.13. The minimum Gasteiger partial charge on any atom is -0.496 e. The predicted octanol–water partition coefficient (Wildman–Crippen LogP) is 0.538. The fraction of sp³-hybridized carbons (Fsp3) is 0.600. The van der Waals surface area contributed by atoms with Crippen LogP contribution >= 0.6 is 0 Å². The molecule has 2 atom stereocenters. The van der Waals surface area contributed by atoms with E-state index in [9.17, 15) is 0 Å². The lowest BCUT2D eigenvalue weighted by Crippen LogP contribution is -2.65. The fourth-order valence-electron chi connectivity index (χ4n) is 3.26. The number of nitrogens with one attached hydrogen (secondary N) is 3. The van der Waals surface area contributed by atoms with Gasteiger partial charge in [-0.25, -0.2) is 5.01 Å².